The molecule has 132 valence electrons. The summed E-state index contributed by atoms with van der Waals surface area (Å²) in [5.41, 5.74) is 1.57. The van der Waals surface area contributed by atoms with Gasteiger partial charge in [-0.25, -0.2) is 9.78 Å². The fourth-order valence-electron chi connectivity index (χ4n) is 4.11. The average Bonchev–Trinajstić information content (AvgIpc) is 3.30. The van der Waals surface area contributed by atoms with Crippen molar-refractivity contribution in [3.05, 3.63) is 35.2 Å². The molecule has 1 fully saturated rings. The topological polar surface area (TPSA) is 104 Å². The molecule has 0 bridgehead atoms. The largest absolute Gasteiger partial charge is 0.479 e. The molecule has 2 aromatic heterocycles. The molecular formula is C17H21N5O3. The summed E-state index contributed by atoms with van der Waals surface area (Å²) in [4.78, 5) is 30.7. The summed E-state index contributed by atoms with van der Waals surface area (Å²) in [6.45, 7) is 2.59. The molecule has 1 amide bonds. The summed E-state index contributed by atoms with van der Waals surface area (Å²) >= 11 is 0. The first kappa shape index (κ1) is 15.9. The number of hydrogen-bond acceptors (Lipinski definition) is 4. The van der Waals surface area contributed by atoms with E-state index in [-0.39, 0.29) is 5.91 Å². The molecule has 1 saturated heterocycles. The van der Waals surface area contributed by atoms with Gasteiger partial charge in [-0.15, -0.1) is 0 Å². The first-order chi connectivity index (χ1) is 12.0. The van der Waals surface area contributed by atoms with E-state index >= 15 is 0 Å². The van der Waals surface area contributed by atoms with Crippen LogP contribution in [0, 0.1) is 6.92 Å². The Kier molecular flexibility index (Phi) is 3.63. The molecule has 8 nitrogen and oxygen atoms in total. The number of H-pyrrole nitrogens is 1. The van der Waals surface area contributed by atoms with Crippen molar-refractivity contribution < 1.29 is 14.7 Å². The predicted octanol–water partition coefficient (Wildman–Crippen LogP) is 1.12. The Morgan fingerprint density at radius 1 is 1.28 bits per heavy atom. The molecule has 0 aromatic carbocycles. The van der Waals surface area contributed by atoms with Gasteiger partial charge in [-0.2, -0.15) is 5.10 Å². The van der Waals surface area contributed by atoms with Gasteiger partial charge in [0.2, 0.25) is 0 Å². The van der Waals surface area contributed by atoms with E-state index in [1.165, 1.54) is 0 Å². The van der Waals surface area contributed by atoms with Crippen molar-refractivity contribution in [2.75, 3.05) is 13.1 Å². The van der Waals surface area contributed by atoms with E-state index in [0.717, 1.165) is 30.5 Å². The molecule has 0 spiro atoms. The third-order valence-corrected chi connectivity index (χ3v) is 5.57. The van der Waals surface area contributed by atoms with Gasteiger partial charge in [0.05, 0.1) is 0 Å². The molecule has 2 aliphatic rings. The van der Waals surface area contributed by atoms with Gasteiger partial charge < -0.3 is 14.6 Å². The number of nitrogens with zero attached hydrogens (tertiary/aromatic N) is 4. The summed E-state index contributed by atoms with van der Waals surface area (Å²) in [5.74, 6) is -0.297. The molecule has 8 heteroatoms. The molecule has 0 radical (unpaired) electrons. The second kappa shape index (κ2) is 5.72. The minimum Gasteiger partial charge on any atom is -0.479 e. The standard InChI is InChI=1S/C17H21N5O3/c1-11-18-7-10-22(11)17(16(24)25)5-8-21(9-6-17)15(23)14-12-3-2-4-13(12)19-20-14/h7,10H,2-6,8-9H2,1H3,(H,19,20)(H,24,25). The van der Waals surface area contributed by atoms with Gasteiger partial charge >= 0.3 is 5.97 Å². The SMILES string of the molecule is Cc1nccn1C1(C(=O)O)CCN(C(=O)c2n[nH]c3c2CCC3)CC1. The number of likely N-dealkylation sites (tertiary alicyclic amines) is 1. The van der Waals surface area contributed by atoms with Gasteiger partial charge in [0.15, 0.2) is 5.69 Å². The number of carbonyl (C=O) groups excluding carboxylic acids is 1. The van der Waals surface area contributed by atoms with E-state index in [9.17, 15) is 14.7 Å². The van der Waals surface area contributed by atoms with Crippen molar-refractivity contribution >= 4 is 11.9 Å². The summed E-state index contributed by atoms with van der Waals surface area (Å²) in [6.07, 6.45) is 6.92. The molecular weight excluding hydrogens is 322 g/mol. The van der Waals surface area contributed by atoms with Crippen LogP contribution in [-0.4, -0.2) is 54.7 Å². The summed E-state index contributed by atoms with van der Waals surface area (Å²) in [7, 11) is 0. The first-order valence-corrected chi connectivity index (χ1v) is 8.62. The molecule has 1 aliphatic carbocycles. The highest BCUT2D eigenvalue weighted by Crippen LogP contribution is 2.33. The minimum absolute atomic E-state index is 0.0965. The zero-order valence-electron chi connectivity index (χ0n) is 14.2. The number of imidazole rings is 1. The van der Waals surface area contributed by atoms with Crippen LogP contribution in [-0.2, 0) is 23.2 Å². The number of aryl methyl sites for hydroxylation is 2. The predicted molar refractivity (Wildman–Crippen MR) is 88.3 cm³/mol. The van der Waals surface area contributed by atoms with Gasteiger partial charge in [-0.3, -0.25) is 9.89 Å². The van der Waals surface area contributed by atoms with Crippen LogP contribution < -0.4 is 0 Å². The molecule has 0 atom stereocenters. The van der Waals surface area contributed by atoms with E-state index in [2.05, 4.69) is 15.2 Å². The summed E-state index contributed by atoms with van der Waals surface area (Å²) < 4.78 is 1.73. The molecule has 4 rings (SSSR count). The Hall–Kier alpha value is -2.64. The third kappa shape index (κ3) is 2.35. The lowest BCUT2D eigenvalue weighted by Gasteiger charge is -2.40. The van der Waals surface area contributed by atoms with Crippen LogP contribution in [0.2, 0.25) is 0 Å². The number of carbonyl (C=O) groups is 2. The number of carboxylic acid groups (broad SMARTS) is 1. The van der Waals surface area contributed by atoms with E-state index in [4.69, 9.17) is 0 Å². The van der Waals surface area contributed by atoms with Gasteiger partial charge in [0.1, 0.15) is 11.4 Å². The van der Waals surface area contributed by atoms with E-state index in [0.29, 0.717) is 37.4 Å². The van der Waals surface area contributed by atoms with Gasteiger partial charge in [0, 0.05) is 36.7 Å². The quantitative estimate of drug-likeness (QED) is 0.869. The number of rotatable bonds is 3. The minimum atomic E-state index is -1.04. The van der Waals surface area contributed by atoms with Crippen LogP contribution in [0.15, 0.2) is 12.4 Å². The fraction of sp³-hybridized carbons (Fsp3) is 0.529. The van der Waals surface area contributed by atoms with Crippen LogP contribution in [0.5, 0.6) is 0 Å². The number of aromatic amines is 1. The normalized spacial score (nSPS) is 19.0. The third-order valence-electron chi connectivity index (χ3n) is 5.57. The first-order valence-electron chi connectivity index (χ1n) is 8.62. The molecule has 2 aromatic rings. The maximum absolute atomic E-state index is 12.8. The molecule has 0 saturated carbocycles. The van der Waals surface area contributed by atoms with Gasteiger partial charge in [-0.05, 0) is 39.0 Å². The van der Waals surface area contributed by atoms with Gasteiger partial charge in [-0.1, -0.05) is 0 Å². The Morgan fingerprint density at radius 2 is 2.04 bits per heavy atom. The van der Waals surface area contributed by atoms with Crippen LogP contribution in [0.4, 0.5) is 0 Å². The number of aromatic nitrogens is 4. The smallest absolute Gasteiger partial charge is 0.330 e. The highest BCUT2D eigenvalue weighted by Gasteiger charge is 2.45. The zero-order valence-corrected chi connectivity index (χ0v) is 14.2. The van der Waals surface area contributed by atoms with E-state index in [1.54, 1.807) is 28.8 Å². The zero-order chi connectivity index (χ0) is 17.6. The number of amides is 1. The fourth-order valence-corrected chi connectivity index (χ4v) is 4.11. The van der Waals surface area contributed by atoms with E-state index < -0.39 is 11.5 Å². The maximum Gasteiger partial charge on any atom is 0.330 e. The van der Waals surface area contributed by atoms with Gasteiger partial charge in [0.25, 0.3) is 5.91 Å². The Bertz CT molecular complexity index is 829. The van der Waals surface area contributed by atoms with Crippen LogP contribution in [0.3, 0.4) is 0 Å². The lowest BCUT2D eigenvalue weighted by Crippen LogP contribution is -2.52. The number of piperidine rings is 1. The highest BCUT2D eigenvalue weighted by molar-refractivity contribution is 5.94. The van der Waals surface area contributed by atoms with Crippen LogP contribution >= 0.6 is 0 Å². The van der Waals surface area contributed by atoms with Crippen molar-refractivity contribution in [2.45, 2.75) is 44.6 Å². The summed E-state index contributed by atoms with van der Waals surface area (Å²) in [6, 6.07) is 0. The lowest BCUT2D eigenvalue weighted by molar-refractivity contribution is -0.150. The van der Waals surface area contributed by atoms with E-state index in [1.807, 2.05) is 0 Å². The Morgan fingerprint density at radius 3 is 2.68 bits per heavy atom. The highest BCUT2D eigenvalue weighted by atomic mass is 16.4. The summed E-state index contributed by atoms with van der Waals surface area (Å²) in [5, 5.41) is 17.0. The van der Waals surface area contributed by atoms with Crippen LogP contribution in [0.25, 0.3) is 0 Å². The van der Waals surface area contributed by atoms with Crippen LogP contribution in [0.1, 0.15) is 46.8 Å². The monoisotopic (exact) mass is 343 g/mol. The maximum atomic E-state index is 12.8. The number of carboxylic acids is 1. The van der Waals surface area contributed by atoms with Crippen molar-refractivity contribution in [1.29, 1.82) is 0 Å². The van der Waals surface area contributed by atoms with Crippen molar-refractivity contribution in [3.63, 3.8) is 0 Å². The van der Waals surface area contributed by atoms with Crippen molar-refractivity contribution in [1.82, 2.24) is 24.6 Å². The second-order valence-corrected chi connectivity index (χ2v) is 6.86. The number of fused-ring (bicyclic) bond motifs is 1. The Labute approximate surface area is 144 Å². The second-order valence-electron chi connectivity index (χ2n) is 6.86. The molecule has 25 heavy (non-hydrogen) atoms. The molecule has 1 aliphatic heterocycles. The number of nitrogens with one attached hydrogen (secondary N) is 1. The number of aliphatic carboxylic acids is 1. The number of hydrogen-bond donors (Lipinski definition) is 2. The lowest BCUT2D eigenvalue weighted by atomic mass is 9.86. The van der Waals surface area contributed by atoms with Crippen molar-refractivity contribution in [3.8, 4) is 0 Å². The average molecular weight is 343 g/mol. The Balaban J connectivity index is 1.55. The molecule has 2 N–H and O–H groups in total. The van der Waals surface area contributed by atoms with Crippen molar-refractivity contribution in [2.24, 2.45) is 0 Å². The molecule has 3 heterocycles. The molecule has 0 unspecified atom stereocenters.